The number of hydrogen-bond acceptors (Lipinski definition) is 2. The zero-order valence-electron chi connectivity index (χ0n) is 10.5. The molecule has 4 heteroatoms. The molecule has 0 spiro atoms. The van der Waals surface area contributed by atoms with Crippen molar-refractivity contribution in [2.75, 3.05) is 5.73 Å². The molecule has 0 amide bonds. The predicted octanol–water partition coefficient (Wildman–Crippen LogP) is 3.81. The largest absolute Gasteiger partial charge is 0.369 e. The molecule has 0 aliphatic rings. The molecule has 2 aromatic rings. The van der Waals surface area contributed by atoms with Gasteiger partial charge < -0.3 is 10.3 Å². The third-order valence-electron chi connectivity index (χ3n) is 3.11. The Bertz CT molecular complexity index is 543. The Morgan fingerprint density at radius 3 is 2.76 bits per heavy atom. The summed E-state index contributed by atoms with van der Waals surface area (Å²) in [5, 5.41) is 0.714. The van der Waals surface area contributed by atoms with Crippen molar-refractivity contribution < 1.29 is 0 Å². The first-order valence-electron chi connectivity index (χ1n) is 5.89. The molecule has 0 aliphatic heterocycles. The molecule has 0 bridgehead atoms. The Morgan fingerprint density at radius 1 is 1.41 bits per heavy atom. The summed E-state index contributed by atoms with van der Waals surface area (Å²) in [6, 6.07) is 5.68. The van der Waals surface area contributed by atoms with E-state index >= 15 is 0 Å². The van der Waals surface area contributed by atoms with Gasteiger partial charge in [0.05, 0.1) is 11.0 Å². The number of nitrogens with two attached hydrogens (primary N) is 1. The molecule has 0 atom stereocenters. The molecule has 0 unspecified atom stereocenters. The fourth-order valence-electron chi connectivity index (χ4n) is 2.43. The minimum absolute atomic E-state index is 0.0434. The average Bonchev–Trinajstić information content (AvgIpc) is 2.53. The second kappa shape index (κ2) is 4.22. The third kappa shape index (κ3) is 2.12. The third-order valence-corrected chi connectivity index (χ3v) is 3.34. The van der Waals surface area contributed by atoms with Gasteiger partial charge in [0.1, 0.15) is 0 Å². The minimum atomic E-state index is -0.0434. The van der Waals surface area contributed by atoms with Crippen molar-refractivity contribution in [1.29, 1.82) is 0 Å². The van der Waals surface area contributed by atoms with Gasteiger partial charge in [-0.05, 0) is 38.5 Å². The number of halogens is 1. The lowest BCUT2D eigenvalue weighted by molar-refractivity contribution is 0.338. The quantitative estimate of drug-likeness (QED) is 0.902. The van der Waals surface area contributed by atoms with E-state index in [1.807, 2.05) is 18.2 Å². The van der Waals surface area contributed by atoms with E-state index in [1.54, 1.807) is 0 Å². The lowest BCUT2D eigenvalue weighted by atomic mass is 9.98. The highest BCUT2D eigenvalue weighted by atomic mass is 35.5. The van der Waals surface area contributed by atoms with Gasteiger partial charge in [-0.15, -0.1) is 0 Å². The number of anilines is 1. The van der Waals surface area contributed by atoms with Crippen molar-refractivity contribution in [2.24, 2.45) is 0 Å². The van der Waals surface area contributed by atoms with Crippen LogP contribution in [0.4, 0.5) is 5.95 Å². The summed E-state index contributed by atoms with van der Waals surface area (Å²) < 4.78 is 2.08. The van der Waals surface area contributed by atoms with Crippen LogP contribution >= 0.6 is 11.6 Å². The van der Waals surface area contributed by atoms with Crippen LogP contribution in [-0.4, -0.2) is 9.55 Å². The van der Waals surface area contributed by atoms with Crippen molar-refractivity contribution in [3.63, 3.8) is 0 Å². The van der Waals surface area contributed by atoms with Crippen LogP contribution in [0.2, 0.25) is 5.02 Å². The number of rotatable bonds is 3. The Balaban J connectivity index is 2.67. The van der Waals surface area contributed by atoms with Gasteiger partial charge in [-0.2, -0.15) is 0 Å². The molecule has 17 heavy (non-hydrogen) atoms. The Morgan fingerprint density at radius 2 is 2.12 bits per heavy atom. The number of nitrogen functional groups attached to an aromatic ring is 1. The van der Waals surface area contributed by atoms with Gasteiger partial charge in [-0.1, -0.05) is 24.9 Å². The highest BCUT2D eigenvalue weighted by Crippen LogP contribution is 2.31. The van der Waals surface area contributed by atoms with E-state index in [2.05, 4.69) is 30.3 Å². The van der Waals surface area contributed by atoms with E-state index in [4.69, 9.17) is 17.3 Å². The maximum Gasteiger partial charge on any atom is 0.201 e. The minimum Gasteiger partial charge on any atom is -0.369 e. The molecule has 92 valence electrons. The molecule has 0 radical (unpaired) electrons. The van der Waals surface area contributed by atoms with Gasteiger partial charge in [0.25, 0.3) is 0 Å². The number of fused-ring (bicyclic) bond motifs is 1. The summed E-state index contributed by atoms with van der Waals surface area (Å²) in [4.78, 5) is 4.38. The van der Waals surface area contributed by atoms with E-state index < -0.39 is 0 Å². The topological polar surface area (TPSA) is 43.8 Å². The molecule has 1 aromatic heterocycles. The van der Waals surface area contributed by atoms with Gasteiger partial charge in [0, 0.05) is 10.6 Å². The van der Waals surface area contributed by atoms with Crippen LogP contribution in [0.5, 0.6) is 0 Å². The highest BCUT2D eigenvalue weighted by Gasteiger charge is 2.24. The van der Waals surface area contributed by atoms with Crippen molar-refractivity contribution in [2.45, 2.75) is 39.2 Å². The lowest BCUT2D eigenvalue weighted by Gasteiger charge is -2.28. The molecule has 0 saturated carbocycles. The number of nitrogens with zero attached hydrogens (tertiary/aromatic N) is 2. The highest BCUT2D eigenvalue weighted by molar-refractivity contribution is 6.31. The molecular formula is C13H18ClN3. The summed E-state index contributed by atoms with van der Waals surface area (Å²) >= 11 is 6.05. The SMILES string of the molecule is CCCC(C)(C)n1c(N)nc2ccc(Cl)cc21. The fraction of sp³-hybridized carbons (Fsp3) is 0.462. The lowest BCUT2D eigenvalue weighted by Crippen LogP contribution is -2.27. The molecule has 0 saturated heterocycles. The van der Waals surface area contributed by atoms with Crippen molar-refractivity contribution in [3.05, 3.63) is 23.2 Å². The monoisotopic (exact) mass is 251 g/mol. The summed E-state index contributed by atoms with van der Waals surface area (Å²) in [6.45, 7) is 6.52. The molecule has 3 nitrogen and oxygen atoms in total. The average molecular weight is 252 g/mol. The van der Waals surface area contributed by atoms with Gasteiger partial charge in [0.15, 0.2) is 0 Å². The van der Waals surface area contributed by atoms with E-state index in [1.165, 1.54) is 0 Å². The zero-order chi connectivity index (χ0) is 12.6. The summed E-state index contributed by atoms with van der Waals surface area (Å²) in [6.07, 6.45) is 2.15. The Hall–Kier alpha value is -1.22. The van der Waals surface area contributed by atoms with E-state index in [0.29, 0.717) is 11.0 Å². The van der Waals surface area contributed by atoms with Crippen LogP contribution in [0.25, 0.3) is 11.0 Å². The van der Waals surface area contributed by atoms with Crippen molar-refractivity contribution in [3.8, 4) is 0 Å². The number of imidazole rings is 1. The zero-order valence-corrected chi connectivity index (χ0v) is 11.3. The Labute approximate surface area is 107 Å². The molecule has 0 fully saturated rings. The molecular weight excluding hydrogens is 234 g/mol. The number of aromatic nitrogens is 2. The summed E-state index contributed by atoms with van der Waals surface area (Å²) in [5.41, 5.74) is 7.89. The van der Waals surface area contributed by atoms with Crippen LogP contribution in [0, 0.1) is 0 Å². The standard InChI is InChI=1S/C13H18ClN3/c1-4-7-13(2,3)17-11-8-9(14)5-6-10(11)16-12(17)15/h5-6,8H,4,7H2,1-3H3,(H2,15,16). The van der Waals surface area contributed by atoms with Gasteiger partial charge in [-0.25, -0.2) is 4.98 Å². The second-order valence-corrected chi connectivity index (χ2v) is 5.44. The first-order valence-corrected chi connectivity index (χ1v) is 6.27. The smallest absolute Gasteiger partial charge is 0.201 e. The van der Waals surface area contributed by atoms with Crippen LogP contribution in [0.3, 0.4) is 0 Å². The van der Waals surface area contributed by atoms with E-state index in [9.17, 15) is 0 Å². The maximum absolute atomic E-state index is 6.05. The number of hydrogen-bond donors (Lipinski definition) is 1. The molecule has 2 N–H and O–H groups in total. The number of benzene rings is 1. The van der Waals surface area contributed by atoms with Crippen molar-refractivity contribution in [1.82, 2.24) is 9.55 Å². The van der Waals surface area contributed by atoms with Crippen molar-refractivity contribution >= 4 is 28.6 Å². The second-order valence-electron chi connectivity index (χ2n) is 5.00. The van der Waals surface area contributed by atoms with Crippen LogP contribution in [0.1, 0.15) is 33.6 Å². The Kier molecular flexibility index (Phi) is 3.04. The summed E-state index contributed by atoms with van der Waals surface area (Å²) in [7, 11) is 0. The first-order chi connectivity index (χ1) is 7.95. The normalized spacial score (nSPS) is 12.2. The molecule has 0 aliphatic carbocycles. The summed E-state index contributed by atoms with van der Waals surface area (Å²) in [5.74, 6) is 0.556. The fourth-order valence-corrected chi connectivity index (χ4v) is 2.59. The van der Waals surface area contributed by atoms with Gasteiger partial charge in [-0.3, -0.25) is 0 Å². The first kappa shape index (κ1) is 12.2. The van der Waals surface area contributed by atoms with Crippen LogP contribution in [0.15, 0.2) is 18.2 Å². The maximum atomic E-state index is 6.05. The van der Waals surface area contributed by atoms with Gasteiger partial charge >= 0.3 is 0 Å². The molecule has 1 heterocycles. The van der Waals surface area contributed by atoms with E-state index in [-0.39, 0.29) is 5.54 Å². The molecule has 1 aromatic carbocycles. The molecule has 2 rings (SSSR count). The van der Waals surface area contributed by atoms with Crippen LogP contribution < -0.4 is 5.73 Å². The van der Waals surface area contributed by atoms with Gasteiger partial charge in [0.2, 0.25) is 5.95 Å². The van der Waals surface area contributed by atoms with Crippen LogP contribution in [-0.2, 0) is 5.54 Å². The predicted molar refractivity (Wildman–Crippen MR) is 73.4 cm³/mol. The van der Waals surface area contributed by atoms with E-state index in [0.717, 1.165) is 23.9 Å².